The molecule has 0 saturated carbocycles. The summed E-state index contributed by atoms with van der Waals surface area (Å²) in [6, 6.07) is 0. The molecule has 0 atom stereocenters. The number of nitrogens with one attached hydrogen (secondary N) is 1. The van der Waals surface area contributed by atoms with Crippen LogP contribution in [0.2, 0.25) is 0 Å². The van der Waals surface area contributed by atoms with E-state index in [1.165, 1.54) is 32.5 Å². The Bertz CT molecular complexity index is 214. The number of morpholine rings is 1. The minimum Gasteiger partial charge on any atom is -0.379 e. The highest BCUT2D eigenvalue weighted by Gasteiger charge is 2.43. The average molecular weight is 287 g/mol. The summed E-state index contributed by atoms with van der Waals surface area (Å²) in [5, 5.41) is 3.33. The molecule has 3 heterocycles. The monoisotopic (exact) mass is 287 g/mol. The van der Waals surface area contributed by atoms with Gasteiger partial charge >= 0.3 is 0 Å². The van der Waals surface area contributed by atoms with E-state index < -0.39 is 0 Å². The molecule has 0 aromatic carbocycles. The van der Waals surface area contributed by atoms with E-state index in [1.54, 1.807) is 0 Å². The van der Waals surface area contributed by atoms with E-state index in [0.717, 1.165) is 26.3 Å². The first-order valence-electron chi connectivity index (χ1n) is 8.41. The molecule has 3 saturated heterocycles. The topological polar surface area (TPSA) is 27.7 Å². The number of ether oxygens (including phenoxy) is 1. The standard InChI is InChI=1S/C7H14N2.C5H11NO.2C2H6/c1-9-4-2-3-7(9)5-8-6-7;1-6-2-4-7-5-3-6;2*1-2/h8H,2-6H2,1H3;2-5H2,1H3;2*1-2H3. The number of likely N-dealkylation sites (tertiary alicyclic amines) is 1. The average Bonchev–Trinajstić information content (AvgIpc) is 2.87. The maximum absolute atomic E-state index is 5.10. The Kier molecular flexibility index (Phi) is 11.4. The lowest BCUT2D eigenvalue weighted by molar-refractivity contribution is 0.0503. The van der Waals surface area contributed by atoms with Crippen LogP contribution in [-0.2, 0) is 4.74 Å². The second kappa shape index (κ2) is 11.5. The van der Waals surface area contributed by atoms with E-state index in [-0.39, 0.29) is 0 Å². The molecular weight excluding hydrogens is 250 g/mol. The van der Waals surface area contributed by atoms with E-state index in [4.69, 9.17) is 4.74 Å². The predicted molar refractivity (Wildman–Crippen MR) is 88.5 cm³/mol. The van der Waals surface area contributed by atoms with Crippen molar-refractivity contribution in [1.82, 2.24) is 15.1 Å². The molecule has 0 bridgehead atoms. The number of rotatable bonds is 0. The van der Waals surface area contributed by atoms with Gasteiger partial charge in [-0.15, -0.1) is 0 Å². The zero-order valence-corrected chi connectivity index (χ0v) is 14.7. The first-order chi connectivity index (χ1) is 9.73. The lowest BCUT2D eigenvalue weighted by Gasteiger charge is -2.44. The quantitative estimate of drug-likeness (QED) is 0.738. The second-order valence-corrected chi connectivity index (χ2v) is 5.27. The molecule has 3 rings (SSSR count). The van der Waals surface area contributed by atoms with E-state index in [1.807, 2.05) is 27.7 Å². The van der Waals surface area contributed by atoms with Crippen molar-refractivity contribution in [3.63, 3.8) is 0 Å². The molecule has 122 valence electrons. The van der Waals surface area contributed by atoms with Gasteiger partial charge in [-0.25, -0.2) is 0 Å². The van der Waals surface area contributed by atoms with E-state index in [9.17, 15) is 0 Å². The molecule has 4 nitrogen and oxygen atoms in total. The molecule has 0 amide bonds. The van der Waals surface area contributed by atoms with Crippen LogP contribution in [-0.4, -0.2) is 75.4 Å². The summed E-state index contributed by atoms with van der Waals surface area (Å²) in [4.78, 5) is 4.77. The molecule has 0 aromatic heterocycles. The van der Waals surface area contributed by atoms with Gasteiger partial charge < -0.3 is 15.0 Å². The molecule has 0 aliphatic carbocycles. The largest absolute Gasteiger partial charge is 0.379 e. The second-order valence-electron chi connectivity index (χ2n) is 5.27. The third-order valence-electron chi connectivity index (χ3n) is 4.09. The highest BCUT2D eigenvalue weighted by Crippen LogP contribution is 2.30. The molecule has 1 N–H and O–H groups in total. The minimum atomic E-state index is 0.597. The highest BCUT2D eigenvalue weighted by atomic mass is 16.5. The summed E-state index contributed by atoms with van der Waals surface area (Å²) in [5.41, 5.74) is 0.597. The van der Waals surface area contributed by atoms with Crippen molar-refractivity contribution in [3.8, 4) is 0 Å². The minimum absolute atomic E-state index is 0.597. The van der Waals surface area contributed by atoms with Crippen LogP contribution >= 0.6 is 0 Å². The molecule has 1 spiro atoms. The summed E-state index contributed by atoms with van der Waals surface area (Å²) in [5.74, 6) is 0. The summed E-state index contributed by atoms with van der Waals surface area (Å²) >= 11 is 0. The van der Waals surface area contributed by atoms with Gasteiger partial charge in [0.15, 0.2) is 0 Å². The Hall–Kier alpha value is -0.160. The Labute approximate surface area is 126 Å². The highest BCUT2D eigenvalue weighted by molar-refractivity contribution is 5.04. The van der Waals surface area contributed by atoms with Crippen LogP contribution in [0.25, 0.3) is 0 Å². The van der Waals surface area contributed by atoms with Crippen molar-refractivity contribution in [1.29, 1.82) is 0 Å². The van der Waals surface area contributed by atoms with Crippen LogP contribution in [0.3, 0.4) is 0 Å². The molecular formula is C16H37N3O. The van der Waals surface area contributed by atoms with Gasteiger partial charge in [-0.1, -0.05) is 27.7 Å². The van der Waals surface area contributed by atoms with Gasteiger partial charge in [0.25, 0.3) is 0 Å². The number of likely N-dealkylation sites (N-methyl/N-ethyl adjacent to an activating group) is 2. The Morgan fingerprint density at radius 3 is 1.65 bits per heavy atom. The zero-order chi connectivity index (χ0) is 15.4. The summed E-state index contributed by atoms with van der Waals surface area (Å²) in [6.45, 7) is 15.8. The normalized spacial score (nSPS) is 24.3. The van der Waals surface area contributed by atoms with Crippen molar-refractivity contribution >= 4 is 0 Å². The first kappa shape index (κ1) is 19.8. The molecule has 3 fully saturated rings. The molecule has 0 radical (unpaired) electrons. The molecule has 20 heavy (non-hydrogen) atoms. The summed E-state index contributed by atoms with van der Waals surface area (Å²) in [6.07, 6.45) is 2.81. The van der Waals surface area contributed by atoms with Gasteiger partial charge in [-0.3, -0.25) is 4.90 Å². The maximum Gasteiger partial charge on any atom is 0.0594 e. The van der Waals surface area contributed by atoms with Crippen LogP contribution in [0.15, 0.2) is 0 Å². The van der Waals surface area contributed by atoms with E-state index in [0.29, 0.717) is 5.54 Å². The smallest absolute Gasteiger partial charge is 0.0594 e. The van der Waals surface area contributed by atoms with Gasteiger partial charge in [0.1, 0.15) is 0 Å². The fraction of sp³-hybridized carbons (Fsp3) is 1.00. The van der Waals surface area contributed by atoms with E-state index in [2.05, 4.69) is 29.2 Å². The van der Waals surface area contributed by atoms with Gasteiger partial charge in [0.2, 0.25) is 0 Å². The van der Waals surface area contributed by atoms with Crippen LogP contribution in [0.4, 0.5) is 0 Å². The fourth-order valence-electron chi connectivity index (χ4n) is 2.59. The van der Waals surface area contributed by atoms with Crippen LogP contribution in [0.5, 0.6) is 0 Å². The molecule has 3 aliphatic heterocycles. The number of nitrogens with zero attached hydrogens (tertiary/aromatic N) is 2. The Morgan fingerprint density at radius 1 is 0.900 bits per heavy atom. The summed E-state index contributed by atoms with van der Waals surface area (Å²) in [7, 11) is 4.36. The van der Waals surface area contributed by atoms with Crippen molar-refractivity contribution in [2.45, 2.75) is 46.1 Å². The van der Waals surface area contributed by atoms with Crippen LogP contribution in [0.1, 0.15) is 40.5 Å². The van der Waals surface area contributed by atoms with Crippen molar-refractivity contribution in [3.05, 3.63) is 0 Å². The Balaban J connectivity index is 0.000000296. The number of hydrogen-bond acceptors (Lipinski definition) is 4. The van der Waals surface area contributed by atoms with Gasteiger partial charge in [-0.05, 0) is 33.5 Å². The molecule has 0 aromatic rings. The van der Waals surface area contributed by atoms with Crippen molar-refractivity contribution < 1.29 is 4.74 Å². The maximum atomic E-state index is 5.10. The Morgan fingerprint density at radius 2 is 1.45 bits per heavy atom. The van der Waals surface area contributed by atoms with Crippen LogP contribution < -0.4 is 5.32 Å². The SMILES string of the molecule is CC.CC.CN1CCCC12CNC2.CN1CCOCC1. The zero-order valence-electron chi connectivity index (χ0n) is 14.7. The van der Waals surface area contributed by atoms with Gasteiger partial charge in [0.05, 0.1) is 13.2 Å². The third kappa shape index (κ3) is 6.08. The van der Waals surface area contributed by atoms with Crippen LogP contribution in [0, 0.1) is 0 Å². The predicted octanol–water partition coefficient (Wildman–Crippen LogP) is 2.05. The summed E-state index contributed by atoms with van der Waals surface area (Å²) < 4.78 is 5.10. The number of hydrogen-bond donors (Lipinski definition) is 1. The molecule has 0 unspecified atom stereocenters. The van der Waals surface area contributed by atoms with Crippen molar-refractivity contribution in [2.75, 3.05) is 60.0 Å². The molecule has 4 heteroatoms. The fourth-order valence-corrected chi connectivity index (χ4v) is 2.59. The lowest BCUT2D eigenvalue weighted by Crippen LogP contribution is -2.65. The first-order valence-corrected chi connectivity index (χ1v) is 8.41. The van der Waals surface area contributed by atoms with Gasteiger partial charge in [-0.2, -0.15) is 0 Å². The van der Waals surface area contributed by atoms with Crippen molar-refractivity contribution in [2.24, 2.45) is 0 Å². The lowest BCUT2D eigenvalue weighted by atomic mass is 9.90. The van der Waals surface area contributed by atoms with E-state index >= 15 is 0 Å². The molecule has 3 aliphatic rings. The third-order valence-corrected chi connectivity index (χ3v) is 4.09. The van der Waals surface area contributed by atoms with Gasteiger partial charge in [0, 0.05) is 31.7 Å².